The van der Waals surface area contributed by atoms with Gasteiger partial charge in [-0.3, -0.25) is 4.79 Å². The average molecular weight is 507 g/mol. The van der Waals surface area contributed by atoms with Crippen LogP contribution in [0.15, 0.2) is 78.9 Å². The predicted octanol–water partition coefficient (Wildman–Crippen LogP) is 4.16. The number of fused-ring (bicyclic) bond motifs is 3. The second kappa shape index (κ2) is 10.1. The van der Waals surface area contributed by atoms with Gasteiger partial charge in [-0.25, -0.2) is 9.38 Å². The number of hydrogen-bond acceptors (Lipinski definition) is 6. The van der Waals surface area contributed by atoms with E-state index in [1.54, 1.807) is 7.11 Å². The number of carbonyl (C=O) groups is 1. The maximum Gasteiger partial charge on any atom is 0.227 e. The van der Waals surface area contributed by atoms with Gasteiger partial charge in [0, 0.05) is 37.5 Å². The van der Waals surface area contributed by atoms with E-state index in [1.807, 2.05) is 71.6 Å². The highest BCUT2D eigenvalue weighted by Crippen LogP contribution is 2.27. The molecule has 5 aromatic rings. The fourth-order valence-electron chi connectivity index (χ4n) is 5.25. The normalized spacial score (nSPS) is 15.8. The third-order valence-corrected chi connectivity index (χ3v) is 7.25. The molecular formula is C30H30N6O2. The molecule has 0 spiro atoms. The Morgan fingerprint density at radius 2 is 1.68 bits per heavy atom. The molecule has 6 rings (SSSR count). The Hall–Kier alpha value is -4.46. The number of nitrogens with zero attached hydrogens (tertiary/aromatic N) is 6. The molecule has 0 N–H and O–H groups in total. The second-order valence-electron chi connectivity index (χ2n) is 9.77. The molecule has 1 aliphatic heterocycles. The first kappa shape index (κ1) is 23.9. The summed E-state index contributed by atoms with van der Waals surface area (Å²) in [5.74, 6) is 2.60. The van der Waals surface area contributed by atoms with E-state index in [4.69, 9.17) is 9.72 Å². The van der Waals surface area contributed by atoms with Gasteiger partial charge in [0.25, 0.3) is 0 Å². The largest absolute Gasteiger partial charge is 0.497 e. The first-order valence-electron chi connectivity index (χ1n) is 12.9. The van der Waals surface area contributed by atoms with Gasteiger partial charge in [-0.15, -0.1) is 10.2 Å². The Balaban J connectivity index is 1.29. The number of hydrogen-bond donors (Lipinski definition) is 0. The molecule has 0 aliphatic carbocycles. The van der Waals surface area contributed by atoms with E-state index in [0.29, 0.717) is 32.5 Å². The van der Waals surface area contributed by atoms with Gasteiger partial charge in [-0.2, -0.15) is 0 Å². The number of piperazine rings is 1. The topological polar surface area (TPSA) is 75.9 Å². The quantitative estimate of drug-likeness (QED) is 0.344. The van der Waals surface area contributed by atoms with Crippen molar-refractivity contribution in [3.05, 3.63) is 95.8 Å². The molecule has 1 aliphatic rings. The summed E-state index contributed by atoms with van der Waals surface area (Å²) in [5.41, 5.74) is 3.85. The second-order valence-corrected chi connectivity index (χ2v) is 9.77. The molecule has 1 amide bonds. The number of anilines is 1. The van der Waals surface area contributed by atoms with E-state index in [9.17, 15) is 4.79 Å². The highest BCUT2D eigenvalue weighted by molar-refractivity contribution is 5.92. The third-order valence-electron chi connectivity index (χ3n) is 7.25. The van der Waals surface area contributed by atoms with Crippen molar-refractivity contribution in [1.82, 2.24) is 24.5 Å². The zero-order valence-electron chi connectivity index (χ0n) is 21.6. The van der Waals surface area contributed by atoms with Crippen LogP contribution in [-0.2, 0) is 17.6 Å². The summed E-state index contributed by atoms with van der Waals surface area (Å²) in [7, 11) is 1.64. The van der Waals surface area contributed by atoms with Crippen LogP contribution in [0.25, 0.3) is 16.6 Å². The molecule has 3 aromatic carbocycles. The van der Waals surface area contributed by atoms with Crippen LogP contribution in [0.5, 0.6) is 5.75 Å². The Bertz CT molecular complexity index is 1580. The Morgan fingerprint density at radius 1 is 0.921 bits per heavy atom. The van der Waals surface area contributed by atoms with Crippen LogP contribution in [0.1, 0.15) is 23.9 Å². The van der Waals surface area contributed by atoms with Gasteiger partial charge in [0.1, 0.15) is 11.6 Å². The van der Waals surface area contributed by atoms with Crippen molar-refractivity contribution >= 4 is 28.4 Å². The van der Waals surface area contributed by atoms with Crippen molar-refractivity contribution in [1.29, 1.82) is 0 Å². The summed E-state index contributed by atoms with van der Waals surface area (Å²) in [5, 5.41) is 10.2. The fourth-order valence-corrected chi connectivity index (χ4v) is 5.25. The summed E-state index contributed by atoms with van der Waals surface area (Å²) in [4.78, 5) is 22.5. The van der Waals surface area contributed by atoms with Gasteiger partial charge >= 0.3 is 0 Å². The lowest BCUT2D eigenvalue weighted by Gasteiger charge is -2.40. The molecule has 8 heteroatoms. The van der Waals surface area contributed by atoms with Crippen molar-refractivity contribution in [2.75, 3.05) is 31.6 Å². The lowest BCUT2D eigenvalue weighted by atomic mass is 10.1. The summed E-state index contributed by atoms with van der Waals surface area (Å²) >= 11 is 0. The minimum Gasteiger partial charge on any atom is -0.497 e. The van der Waals surface area contributed by atoms with Crippen LogP contribution in [0.3, 0.4) is 0 Å². The zero-order valence-corrected chi connectivity index (χ0v) is 21.6. The molecule has 1 saturated heterocycles. The van der Waals surface area contributed by atoms with Gasteiger partial charge in [0.2, 0.25) is 11.9 Å². The number of aromatic nitrogens is 4. The summed E-state index contributed by atoms with van der Waals surface area (Å²) in [6, 6.07) is 26.1. The lowest BCUT2D eigenvalue weighted by molar-refractivity contribution is -0.132. The molecule has 3 heterocycles. The fraction of sp³-hybridized carbons (Fsp3) is 0.267. The van der Waals surface area contributed by atoms with Gasteiger partial charge in [0.15, 0.2) is 5.65 Å². The first-order chi connectivity index (χ1) is 18.6. The van der Waals surface area contributed by atoms with E-state index in [0.717, 1.165) is 39.6 Å². The van der Waals surface area contributed by atoms with E-state index >= 15 is 0 Å². The number of rotatable bonds is 6. The molecule has 1 fully saturated rings. The molecule has 0 saturated carbocycles. The summed E-state index contributed by atoms with van der Waals surface area (Å²) in [6.07, 6.45) is 1.03. The number of methoxy groups -OCH3 is 1. The van der Waals surface area contributed by atoms with Crippen LogP contribution >= 0.6 is 0 Å². The lowest BCUT2D eigenvalue weighted by Crippen LogP contribution is -2.55. The number of ether oxygens (including phenoxy) is 1. The Kier molecular flexibility index (Phi) is 6.37. The van der Waals surface area contributed by atoms with Crippen LogP contribution in [0, 0.1) is 0 Å². The molecule has 2 aromatic heterocycles. The highest BCUT2D eigenvalue weighted by atomic mass is 16.5. The van der Waals surface area contributed by atoms with Crippen molar-refractivity contribution in [2.45, 2.75) is 25.8 Å². The minimum absolute atomic E-state index is 0.0341. The number of carbonyl (C=O) groups excluding carboxylic acids is 1. The maximum atomic E-state index is 13.2. The number of para-hydroxylation sites is 1. The van der Waals surface area contributed by atoms with E-state index in [2.05, 4.69) is 38.6 Å². The van der Waals surface area contributed by atoms with Crippen molar-refractivity contribution in [2.24, 2.45) is 0 Å². The van der Waals surface area contributed by atoms with E-state index in [1.165, 1.54) is 5.56 Å². The standard InChI is InChI=1S/C30H30N6O2/c1-21-20-34(16-17-35(21)28(37)19-23-12-14-24(38-2)15-13-23)30-31-26-11-7-6-10-25(26)29-33-32-27(36(29)30)18-22-8-4-3-5-9-22/h3-15,21H,16-20H2,1-2H3/t21-/m1/s1. The van der Waals surface area contributed by atoms with Crippen molar-refractivity contribution in [3.63, 3.8) is 0 Å². The van der Waals surface area contributed by atoms with Crippen LogP contribution < -0.4 is 9.64 Å². The van der Waals surface area contributed by atoms with Crippen molar-refractivity contribution < 1.29 is 9.53 Å². The van der Waals surface area contributed by atoms with Crippen LogP contribution in [-0.4, -0.2) is 63.2 Å². The molecule has 192 valence electrons. The number of amides is 1. The van der Waals surface area contributed by atoms with Gasteiger partial charge in [-0.05, 0) is 42.3 Å². The highest BCUT2D eigenvalue weighted by Gasteiger charge is 2.30. The average Bonchev–Trinajstić information content (AvgIpc) is 3.37. The Morgan fingerprint density at radius 3 is 2.45 bits per heavy atom. The number of benzene rings is 3. The van der Waals surface area contributed by atoms with Crippen molar-refractivity contribution in [3.8, 4) is 5.75 Å². The smallest absolute Gasteiger partial charge is 0.227 e. The molecule has 1 atom stereocenters. The van der Waals surface area contributed by atoms with Crippen LogP contribution in [0.4, 0.5) is 5.95 Å². The molecular weight excluding hydrogens is 476 g/mol. The van der Waals surface area contributed by atoms with Gasteiger partial charge in [0.05, 0.1) is 19.0 Å². The SMILES string of the molecule is COc1ccc(CC(=O)N2CCN(c3nc4ccccc4c4nnc(Cc5ccccc5)n34)C[C@H]2C)cc1. The predicted molar refractivity (Wildman–Crippen MR) is 148 cm³/mol. The third kappa shape index (κ3) is 4.53. The van der Waals surface area contributed by atoms with E-state index < -0.39 is 0 Å². The zero-order chi connectivity index (χ0) is 26.1. The molecule has 0 unspecified atom stereocenters. The van der Waals surface area contributed by atoms with Gasteiger partial charge in [-0.1, -0.05) is 54.6 Å². The van der Waals surface area contributed by atoms with Gasteiger partial charge < -0.3 is 14.5 Å². The summed E-state index contributed by atoms with van der Waals surface area (Å²) < 4.78 is 7.33. The first-order valence-corrected chi connectivity index (χ1v) is 12.9. The molecule has 0 bridgehead atoms. The summed E-state index contributed by atoms with van der Waals surface area (Å²) in [6.45, 7) is 4.09. The van der Waals surface area contributed by atoms with Crippen LogP contribution in [0.2, 0.25) is 0 Å². The van der Waals surface area contributed by atoms with E-state index in [-0.39, 0.29) is 11.9 Å². The molecule has 38 heavy (non-hydrogen) atoms. The Labute approximate surface area is 221 Å². The molecule has 0 radical (unpaired) electrons. The minimum atomic E-state index is 0.0341. The molecule has 8 nitrogen and oxygen atoms in total. The maximum absolute atomic E-state index is 13.2. The monoisotopic (exact) mass is 506 g/mol.